The standard InChI is InChI=1S/C14H18N8O/c1-9-15-14(23-19-9)8-20(3)11-6-21(7-11)13-5-4-12-17-16-10(2)22(12)18-13/h4-5,11H,6-8H2,1-3H3. The third-order valence-corrected chi connectivity index (χ3v) is 4.17. The van der Waals surface area contributed by atoms with Crippen molar-refractivity contribution in [1.82, 2.24) is 34.9 Å². The Morgan fingerprint density at radius 3 is 2.83 bits per heavy atom. The van der Waals surface area contributed by atoms with Gasteiger partial charge in [0.25, 0.3) is 0 Å². The van der Waals surface area contributed by atoms with E-state index in [1.165, 1.54) is 0 Å². The monoisotopic (exact) mass is 314 g/mol. The fourth-order valence-electron chi connectivity index (χ4n) is 2.72. The third kappa shape index (κ3) is 2.52. The highest BCUT2D eigenvalue weighted by Crippen LogP contribution is 2.22. The molecule has 0 atom stereocenters. The maximum atomic E-state index is 5.17. The molecular weight excluding hydrogens is 296 g/mol. The molecule has 0 saturated carbocycles. The van der Waals surface area contributed by atoms with Crippen molar-refractivity contribution in [1.29, 1.82) is 0 Å². The smallest absolute Gasteiger partial charge is 0.240 e. The first-order valence-electron chi connectivity index (χ1n) is 7.53. The number of anilines is 1. The second-order valence-corrected chi connectivity index (χ2v) is 5.92. The highest BCUT2D eigenvalue weighted by Gasteiger charge is 2.31. The van der Waals surface area contributed by atoms with Crippen LogP contribution in [-0.2, 0) is 6.54 Å². The van der Waals surface area contributed by atoms with Crippen LogP contribution in [0.2, 0.25) is 0 Å². The summed E-state index contributed by atoms with van der Waals surface area (Å²) >= 11 is 0. The van der Waals surface area contributed by atoms with Crippen LogP contribution in [0.1, 0.15) is 17.5 Å². The molecule has 0 unspecified atom stereocenters. The van der Waals surface area contributed by atoms with Gasteiger partial charge in [0.1, 0.15) is 5.82 Å². The molecule has 3 aromatic heterocycles. The zero-order valence-corrected chi connectivity index (χ0v) is 13.3. The Balaban J connectivity index is 1.40. The van der Waals surface area contributed by atoms with Gasteiger partial charge in [0, 0.05) is 19.1 Å². The zero-order valence-electron chi connectivity index (χ0n) is 13.3. The molecule has 3 aromatic rings. The normalized spacial score (nSPS) is 15.6. The summed E-state index contributed by atoms with van der Waals surface area (Å²) < 4.78 is 6.94. The van der Waals surface area contributed by atoms with Crippen LogP contribution in [0.3, 0.4) is 0 Å². The fourth-order valence-corrected chi connectivity index (χ4v) is 2.72. The van der Waals surface area contributed by atoms with Gasteiger partial charge in [0.15, 0.2) is 17.3 Å². The lowest BCUT2D eigenvalue weighted by Gasteiger charge is -2.44. The van der Waals surface area contributed by atoms with E-state index in [0.717, 1.165) is 30.4 Å². The van der Waals surface area contributed by atoms with Gasteiger partial charge in [0.2, 0.25) is 5.89 Å². The van der Waals surface area contributed by atoms with E-state index in [-0.39, 0.29) is 0 Å². The highest BCUT2D eigenvalue weighted by atomic mass is 16.5. The van der Waals surface area contributed by atoms with Gasteiger partial charge in [-0.2, -0.15) is 9.50 Å². The molecule has 1 aliphatic rings. The summed E-state index contributed by atoms with van der Waals surface area (Å²) in [6.07, 6.45) is 0. The van der Waals surface area contributed by atoms with Crippen molar-refractivity contribution < 1.29 is 4.52 Å². The number of aryl methyl sites for hydroxylation is 2. The molecule has 23 heavy (non-hydrogen) atoms. The van der Waals surface area contributed by atoms with Gasteiger partial charge < -0.3 is 9.42 Å². The SMILES string of the molecule is Cc1noc(CN(C)C2CN(c3ccc4nnc(C)n4n3)C2)n1. The van der Waals surface area contributed by atoms with Crippen molar-refractivity contribution in [3.63, 3.8) is 0 Å². The van der Waals surface area contributed by atoms with E-state index in [1.54, 1.807) is 4.52 Å². The quantitative estimate of drug-likeness (QED) is 0.685. The van der Waals surface area contributed by atoms with Crippen molar-refractivity contribution in [2.75, 3.05) is 25.0 Å². The second-order valence-electron chi connectivity index (χ2n) is 5.92. The third-order valence-electron chi connectivity index (χ3n) is 4.17. The maximum absolute atomic E-state index is 5.17. The summed E-state index contributed by atoms with van der Waals surface area (Å²) in [5.74, 6) is 3.06. The number of hydrogen-bond donors (Lipinski definition) is 0. The number of likely N-dealkylation sites (N-methyl/N-ethyl adjacent to an activating group) is 1. The molecule has 9 nitrogen and oxygen atoms in total. The molecule has 0 radical (unpaired) electrons. The number of hydrogen-bond acceptors (Lipinski definition) is 8. The predicted octanol–water partition coefficient (Wildman–Crippen LogP) is 0.445. The van der Waals surface area contributed by atoms with Gasteiger partial charge in [-0.25, -0.2) is 0 Å². The Labute approximate surface area is 132 Å². The molecule has 0 amide bonds. The molecule has 1 fully saturated rings. The van der Waals surface area contributed by atoms with Gasteiger partial charge >= 0.3 is 0 Å². The summed E-state index contributed by atoms with van der Waals surface area (Å²) in [4.78, 5) is 8.71. The van der Waals surface area contributed by atoms with Crippen LogP contribution in [0.5, 0.6) is 0 Å². The van der Waals surface area contributed by atoms with E-state index < -0.39 is 0 Å². The van der Waals surface area contributed by atoms with Crippen LogP contribution < -0.4 is 4.90 Å². The highest BCUT2D eigenvalue weighted by molar-refractivity contribution is 5.47. The van der Waals surface area contributed by atoms with E-state index in [1.807, 2.05) is 26.0 Å². The van der Waals surface area contributed by atoms with Crippen LogP contribution in [0.15, 0.2) is 16.7 Å². The van der Waals surface area contributed by atoms with Crippen LogP contribution in [0.25, 0.3) is 5.65 Å². The van der Waals surface area contributed by atoms with Crippen molar-refractivity contribution in [2.24, 2.45) is 0 Å². The molecule has 0 spiro atoms. The van der Waals surface area contributed by atoms with Gasteiger partial charge in [0.05, 0.1) is 6.54 Å². The number of fused-ring (bicyclic) bond motifs is 1. The summed E-state index contributed by atoms with van der Waals surface area (Å²) in [7, 11) is 2.07. The van der Waals surface area contributed by atoms with Crippen LogP contribution in [0.4, 0.5) is 5.82 Å². The lowest BCUT2D eigenvalue weighted by Crippen LogP contribution is -2.58. The van der Waals surface area contributed by atoms with E-state index >= 15 is 0 Å². The summed E-state index contributed by atoms with van der Waals surface area (Å²) in [5.41, 5.74) is 0.771. The minimum atomic E-state index is 0.446. The number of nitrogens with zero attached hydrogens (tertiary/aromatic N) is 8. The first-order chi connectivity index (χ1) is 11.1. The van der Waals surface area contributed by atoms with Gasteiger partial charge in [-0.15, -0.1) is 15.3 Å². The Hall–Kier alpha value is -2.55. The average Bonchev–Trinajstić information content (AvgIpc) is 3.04. The molecule has 0 aliphatic carbocycles. The topological polar surface area (TPSA) is 88.5 Å². The zero-order chi connectivity index (χ0) is 16.0. The molecule has 1 aliphatic heterocycles. The summed E-state index contributed by atoms with van der Waals surface area (Å²) in [5, 5.41) is 16.5. The van der Waals surface area contributed by atoms with Crippen LogP contribution in [0, 0.1) is 13.8 Å². The van der Waals surface area contributed by atoms with Crippen molar-refractivity contribution in [3.8, 4) is 0 Å². The Morgan fingerprint density at radius 1 is 1.26 bits per heavy atom. The maximum Gasteiger partial charge on any atom is 0.240 e. The minimum Gasteiger partial charge on any atom is -0.352 e. The van der Waals surface area contributed by atoms with E-state index in [2.05, 4.69) is 42.3 Å². The molecule has 4 rings (SSSR count). The molecule has 120 valence electrons. The molecule has 0 aromatic carbocycles. The van der Waals surface area contributed by atoms with Crippen LogP contribution in [-0.4, -0.2) is 61.0 Å². The second kappa shape index (κ2) is 5.27. The lowest BCUT2D eigenvalue weighted by molar-refractivity contribution is 0.174. The first-order valence-corrected chi connectivity index (χ1v) is 7.53. The molecular formula is C14H18N8O. The largest absolute Gasteiger partial charge is 0.352 e. The van der Waals surface area contributed by atoms with Gasteiger partial charge in [-0.3, -0.25) is 4.90 Å². The van der Waals surface area contributed by atoms with E-state index in [9.17, 15) is 0 Å². The average molecular weight is 314 g/mol. The van der Waals surface area contributed by atoms with E-state index in [4.69, 9.17) is 4.52 Å². The molecule has 1 saturated heterocycles. The summed E-state index contributed by atoms with van der Waals surface area (Å²) in [6, 6.07) is 4.38. The molecule has 4 heterocycles. The van der Waals surface area contributed by atoms with E-state index in [0.29, 0.717) is 24.3 Å². The Morgan fingerprint density at radius 2 is 2.09 bits per heavy atom. The van der Waals surface area contributed by atoms with Crippen molar-refractivity contribution in [3.05, 3.63) is 29.7 Å². The van der Waals surface area contributed by atoms with Gasteiger partial charge in [-0.1, -0.05) is 5.16 Å². The predicted molar refractivity (Wildman–Crippen MR) is 82.0 cm³/mol. The first kappa shape index (κ1) is 14.1. The van der Waals surface area contributed by atoms with Crippen molar-refractivity contribution in [2.45, 2.75) is 26.4 Å². The van der Waals surface area contributed by atoms with Crippen LogP contribution >= 0.6 is 0 Å². The van der Waals surface area contributed by atoms with Gasteiger partial charge in [-0.05, 0) is 33.0 Å². The summed E-state index contributed by atoms with van der Waals surface area (Å²) in [6.45, 7) is 6.23. The van der Waals surface area contributed by atoms with Crippen molar-refractivity contribution >= 4 is 11.5 Å². The Bertz CT molecular complexity index is 834. The number of rotatable bonds is 4. The molecule has 0 N–H and O–H groups in total. The lowest BCUT2D eigenvalue weighted by atomic mass is 10.1. The number of aromatic nitrogens is 6. The molecule has 0 bridgehead atoms. The molecule has 9 heteroatoms. The Kier molecular flexibility index (Phi) is 3.22. The minimum absolute atomic E-state index is 0.446. The fraction of sp³-hybridized carbons (Fsp3) is 0.500.